The SMILES string of the molecule is COc1cc(OC)c(COCc2c(OC)cc(OC)cc2OC)c(OC)c1. The molecule has 0 spiro atoms. The average molecular weight is 378 g/mol. The maximum atomic E-state index is 5.92. The second-order valence-corrected chi connectivity index (χ2v) is 5.51. The van der Waals surface area contributed by atoms with Crippen LogP contribution in [0.15, 0.2) is 24.3 Å². The minimum absolute atomic E-state index is 0.272. The molecule has 2 aromatic rings. The van der Waals surface area contributed by atoms with Crippen LogP contribution in [-0.2, 0) is 18.0 Å². The van der Waals surface area contributed by atoms with E-state index in [1.54, 1.807) is 66.9 Å². The van der Waals surface area contributed by atoms with Crippen LogP contribution in [0, 0.1) is 0 Å². The van der Waals surface area contributed by atoms with E-state index in [1.165, 1.54) is 0 Å². The van der Waals surface area contributed by atoms with Crippen LogP contribution in [0.1, 0.15) is 11.1 Å². The molecule has 0 heterocycles. The third-order valence-electron chi connectivity index (χ3n) is 4.13. The van der Waals surface area contributed by atoms with Crippen molar-refractivity contribution in [2.45, 2.75) is 13.2 Å². The van der Waals surface area contributed by atoms with E-state index < -0.39 is 0 Å². The average Bonchev–Trinajstić information content (AvgIpc) is 2.72. The Morgan fingerprint density at radius 1 is 0.481 bits per heavy atom. The van der Waals surface area contributed by atoms with Gasteiger partial charge in [0.2, 0.25) is 0 Å². The summed E-state index contributed by atoms with van der Waals surface area (Å²) < 4.78 is 38.2. The topological polar surface area (TPSA) is 64.6 Å². The Kier molecular flexibility index (Phi) is 7.43. The van der Waals surface area contributed by atoms with E-state index in [4.69, 9.17) is 33.2 Å². The van der Waals surface area contributed by atoms with Crippen molar-refractivity contribution in [1.29, 1.82) is 0 Å². The van der Waals surface area contributed by atoms with Gasteiger partial charge in [0, 0.05) is 24.3 Å². The molecule has 0 aliphatic heterocycles. The molecule has 0 aromatic heterocycles. The molecule has 7 heteroatoms. The van der Waals surface area contributed by atoms with E-state index in [9.17, 15) is 0 Å². The summed E-state index contributed by atoms with van der Waals surface area (Å²) in [7, 11) is 9.54. The van der Waals surface area contributed by atoms with Crippen molar-refractivity contribution in [1.82, 2.24) is 0 Å². The smallest absolute Gasteiger partial charge is 0.131 e. The summed E-state index contributed by atoms with van der Waals surface area (Å²) in [5.41, 5.74) is 1.57. The van der Waals surface area contributed by atoms with Gasteiger partial charge in [-0.3, -0.25) is 0 Å². The van der Waals surface area contributed by atoms with Gasteiger partial charge in [-0.1, -0.05) is 0 Å². The summed E-state index contributed by atoms with van der Waals surface area (Å²) >= 11 is 0. The highest BCUT2D eigenvalue weighted by Gasteiger charge is 2.16. The predicted octanol–water partition coefficient (Wildman–Crippen LogP) is 3.46. The molecular formula is C20H26O7. The third kappa shape index (κ3) is 4.68. The second-order valence-electron chi connectivity index (χ2n) is 5.51. The van der Waals surface area contributed by atoms with Crippen molar-refractivity contribution in [2.75, 3.05) is 42.7 Å². The number of benzene rings is 2. The highest BCUT2D eigenvalue weighted by Crippen LogP contribution is 2.37. The second kappa shape index (κ2) is 9.78. The fourth-order valence-electron chi connectivity index (χ4n) is 2.70. The fourth-order valence-corrected chi connectivity index (χ4v) is 2.70. The molecule has 0 unspecified atom stereocenters. The lowest BCUT2D eigenvalue weighted by atomic mass is 10.1. The number of methoxy groups -OCH3 is 6. The molecule has 0 saturated heterocycles. The summed E-state index contributed by atoms with van der Waals surface area (Å²) in [5.74, 6) is 3.79. The number of rotatable bonds is 10. The van der Waals surface area contributed by atoms with Crippen LogP contribution in [0.3, 0.4) is 0 Å². The van der Waals surface area contributed by atoms with E-state index in [2.05, 4.69) is 0 Å². The Labute approximate surface area is 159 Å². The van der Waals surface area contributed by atoms with E-state index in [-0.39, 0.29) is 13.2 Å². The van der Waals surface area contributed by atoms with Gasteiger partial charge in [0.1, 0.15) is 34.5 Å². The quantitative estimate of drug-likeness (QED) is 0.627. The molecule has 27 heavy (non-hydrogen) atoms. The van der Waals surface area contributed by atoms with Crippen LogP contribution in [0.2, 0.25) is 0 Å². The molecule has 0 saturated carbocycles. The summed E-state index contributed by atoms with van der Waals surface area (Å²) in [6.07, 6.45) is 0. The Bertz CT molecular complexity index is 644. The van der Waals surface area contributed by atoms with Crippen molar-refractivity contribution in [3.05, 3.63) is 35.4 Å². The van der Waals surface area contributed by atoms with Gasteiger partial charge < -0.3 is 33.2 Å². The Hall–Kier alpha value is -2.80. The zero-order valence-corrected chi connectivity index (χ0v) is 16.6. The van der Waals surface area contributed by atoms with Crippen molar-refractivity contribution in [3.8, 4) is 34.5 Å². The van der Waals surface area contributed by atoms with Crippen LogP contribution in [0.5, 0.6) is 34.5 Å². The summed E-state index contributed by atoms with van der Waals surface area (Å²) in [6.45, 7) is 0.545. The van der Waals surface area contributed by atoms with Crippen LogP contribution in [-0.4, -0.2) is 42.7 Å². The Balaban J connectivity index is 2.24. The van der Waals surface area contributed by atoms with Gasteiger partial charge in [-0.2, -0.15) is 0 Å². The molecule has 0 atom stereocenters. The molecule has 2 rings (SSSR count). The molecular weight excluding hydrogens is 352 g/mol. The molecule has 148 valence electrons. The summed E-state index contributed by atoms with van der Waals surface area (Å²) in [4.78, 5) is 0. The van der Waals surface area contributed by atoms with Crippen LogP contribution in [0.25, 0.3) is 0 Å². The van der Waals surface area contributed by atoms with Gasteiger partial charge in [0.05, 0.1) is 67.0 Å². The minimum Gasteiger partial charge on any atom is -0.496 e. The maximum absolute atomic E-state index is 5.92. The predicted molar refractivity (Wildman–Crippen MR) is 101 cm³/mol. The monoisotopic (exact) mass is 378 g/mol. The van der Waals surface area contributed by atoms with E-state index in [1.807, 2.05) is 0 Å². The summed E-state index contributed by atoms with van der Waals surface area (Å²) in [5, 5.41) is 0. The molecule has 0 bridgehead atoms. The number of hydrogen-bond donors (Lipinski definition) is 0. The lowest BCUT2D eigenvalue weighted by Gasteiger charge is -2.17. The van der Waals surface area contributed by atoms with Gasteiger partial charge in [0.15, 0.2) is 0 Å². The van der Waals surface area contributed by atoms with Gasteiger partial charge in [-0.05, 0) is 0 Å². The van der Waals surface area contributed by atoms with Crippen molar-refractivity contribution >= 4 is 0 Å². The van der Waals surface area contributed by atoms with Crippen LogP contribution in [0.4, 0.5) is 0 Å². The largest absolute Gasteiger partial charge is 0.496 e. The standard InChI is InChI=1S/C20H26O7/c1-21-13-7-17(23-3)15(18(8-13)24-4)11-27-12-16-19(25-5)9-14(22-2)10-20(16)26-6/h7-10H,11-12H2,1-6H3. The first-order chi connectivity index (χ1) is 13.1. The molecule has 2 aromatic carbocycles. The molecule has 0 amide bonds. The van der Waals surface area contributed by atoms with Crippen molar-refractivity contribution in [2.24, 2.45) is 0 Å². The first kappa shape index (κ1) is 20.5. The molecule has 0 N–H and O–H groups in total. The van der Waals surface area contributed by atoms with E-state index >= 15 is 0 Å². The van der Waals surface area contributed by atoms with E-state index in [0.29, 0.717) is 34.5 Å². The van der Waals surface area contributed by atoms with Gasteiger partial charge in [-0.15, -0.1) is 0 Å². The van der Waals surface area contributed by atoms with E-state index in [0.717, 1.165) is 11.1 Å². The zero-order valence-electron chi connectivity index (χ0n) is 16.6. The van der Waals surface area contributed by atoms with Gasteiger partial charge >= 0.3 is 0 Å². The van der Waals surface area contributed by atoms with Crippen molar-refractivity contribution in [3.63, 3.8) is 0 Å². The van der Waals surface area contributed by atoms with Crippen molar-refractivity contribution < 1.29 is 33.2 Å². The Morgan fingerprint density at radius 3 is 1.00 bits per heavy atom. The normalized spacial score (nSPS) is 10.3. The minimum atomic E-state index is 0.272. The highest BCUT2D eigenvalue weighted by atomic mass is 16.5. The lowest BCUT2D eigenvalue weighted by Crippen LogP contribution is -2.04. The molecule has 0 fully saturated rings. The number of hydrogen-bond acceptors (Lipinski definition) is 7. The first-order valence-corrected chi connectivity index (χ1v) is 8.27. The highest BCUT2D eigenvalue weighted by molar-refractivity contribution is 5.51. The number of ether oxygens (including phenoxy) is 7. The Morgan fingerprint density at radius 2 is 0.778 bits per heavy atom. The molecule has 7 nitrogen and oxygen atoms in total. The van der Waals surface area contributed by atoms with Gasteiger partial charge in [-0.25, -0.2) is 0 Å². The first-order valence-electron chi connectivity index (χ1n) is 8.27. The van der Waals surface area contributed by atoms with Crippen LogP contribution >= 0.6 is 0 Å². The molecule has 0 aliphatic rings. The third-order valence-corrected chi connectivity index (χ3v) is 4.13. The summed E-state index contributed by atoms with van der Waals surface area (Å²) in [6, 6.07) is 7.15. The van der Waals surface area contributed by atoms with Gasteiger partial charge in [0.25, 0.3) is 0 Å². The maximum Gasteiger partial charge on any atom is 0.131 e. The molecule has 0 aliphatic carbocycles. The van der Waals surface area contributed by atoms with Crippen LogP contribution < -0.4 is 28.4 Å². The molecule has 0 radical (unpaired) electrons. The zero-order chi connectivity index (χ0) is 19.8. The lowest BCUT2D eigenvalue weighted by molar-refractivity contribution is 0.0996. The fraction of sp³-hybridized carbons (Fsp3) is 0.400.